The van der Waals surface area contributed by atoms with E-state index in [0.29, 0.717) is 13.1 Å². The number of hydrogen-bond acceptors (Lipinski definition) is 3. The smallest absolute Gasteiger partial charge is 0.328 e. The van der Waals surface area contributed by atoms with Crippen molar-refractivity contribution in [3.05, 3.63) is 70.6 Å². The summed E-state index contributed by atoms with van der Waals surface area (Å²) in [5.41, 5.74) is 2.84. The number of hydrogen-bond donors (Lipinski definition) is 1. The van der Waals surface area contributed by atoms with Gasteiger partial charge in [0.15, 0.2) is 0 Å². The van der Waals surface area contributed by atoms with Crippen molar-refractivity contribution in [3.8, 4) is 0 Å². The van der Waals surface area contributed by atoms with Crippen molar-refractivity contribution in [1.82, 2.24) is 19.4 Å². The van der Waals surface area contributed by atoms with Crippen LogP contribution in [0.1, 0.15) is 31.9 Å². The highest BCUT2D eigenvalue weighted by molar-refractivity contribution is 5.78. The standard InChI is InChI=1S/C23H30N4O2/c1-4-26(5-2)21(18-11-7-6-8-12-18)17-24-22(28)15-16-27-20-14-10-9-13-19(20)25(3)23(27)29/h6-14,21H,4-5,15-17H2,1-3H3,(H,24,28). The van der Waals surface area contributed by atoms with Crippen LogP contribution in [0, 0.1) is 0 Å². The number of aromatic nitrogens is 2. The zero-order valence-electron chi connectivity index (χ0n) is 17.5. The lowest BCUT2D eigenvalue weighted by Gasteiger charge is -2.30. The number of fused-ring (bicyclic) bond motifs is 1. The van der Waals surface area contributed by atoms with Gasteiger partial charge in [-0.15, -0.1) is 0 Å². The Morgan fingerprint density at radius 1 is 1.00 bits per heavy atom. The average molecular weight is 395 g/mol. The van der Waals surface area contributed by atoms with E-state index in [9.17, 15) is 9.59 Å². The lowest BCUT2D eigenvalue weighted by Crippen LogP contribution is -2.38. The summed E-state index contributed by atoms with van der Waals surface area (Å²) < 4.78 is 3.30. The van der Waals surface area contributed by atoms with Gasteiger partial charge in [-0.2, -0.15) is 0 Å². The van der Waals surface area contributed by atoms with E-state index in [1.165, 1.54) is 5.56 Å². The number of nitrogens with zero attached hydrogens (tertiary/aromatic N) is 3. The molecule has 0 aliphatic carbocycles. The van der Waals surface area contributed by atoms with E-state index >= 15 is 0 Å². The van der Waals surface area contributed by atoms with Crippen LogP contribution in [-0.2, 0) is 18.4 Å². The van der Waals surface area contributed by atoms with Gasteiger partial charge in [-0.3, -0.25) is 18.8 Å². The minimum Gasteiger partial charge on any atom is -0.354 e. The Bertz CT molecular complexity index is 1000. The number of aryl methyl sites for hydroxylation is 2. The third-order valence-electron chi connectivity index (χ3n) is 5.54. The molecule has 3 aromatic rings. The van der Waals surface area contributed by atoms with Crippen LogP contribution in [0.15, 0.2) is 59.4 Å². The molecule has 6 heteroatoms. The molecule has 1 atom stereocenters. The van der Waals surface area contributed by atoms with Crippen molar-refractivity contribution in [3.63, 3.8) is 0 Å². The number of para-hydroxylation sites is 2. The largest absolute Gasteiger partial charge is 0.354 e. The van der Waals surface area contributed by atoms with Gasteiger partial charge in [-0.05, 0) is 30.8 Å². The van der Waals surface area contributed by atoms with Gasteiger partial charge < -0.3 is 5.32 Å². The number of benzene rings is 2. The molecule has 1 amide bonds. The maximum atomic E-state index is 12.6. The van der Waals surface area contributed by atoms with Crippen LogP contribution in [0.25, 0.3) is 11.0 Å². The predicted molar refractivity (Wildman–Crippen MR) is 117 cm³/mol. The van der Waals surface area contributed by atoms with E-state index < -0.39 is 0 Å². The molecule has 0 fully saturated rings. The van der Waals surface area contributed by atoms with Gasteiger partial charge in [0.25, 0.3) is 0 Å². The lowest BCUT2D eigenvalue weighted by atomic mass is 10.1. The van der Waals surface area contributed by atoms with Crippen molar-refractivity contribution in [1.29, 1.82) is 0 Å². The van der Waals surface area contributed by atoms with Gasteiger partial charge in [-0.25, -0.2) is 4.79 Å². The van der Waals surface area contributed by atoms with Crippen LogP contribution in [-0.4, -0.2) is 39.6 Å². The molecule has 29 heavy (non-hydrogen) atoms. The fraction of sp³-hybridized carbons (Fsp3) is 0.391. The minimum absolute atomic E-state index is 0.0436. The number of carbonyl (C=O) groups is 1. The van der Waals surface area contributed by atoms with Crippen LogP contribution >= 0.6 is 0 Å². The quantitative estimate of drug-likeness (QED) is 0.607. The zero-order valence-corrected chi connectivity index (χ0v) is 17.5. The Hall–Kier alpha value is -2.86. The second-order valence-electron chi connectivity index (χ2n) is 7.18. The summed E-state index contributed by atoms with van der Waals surface area (Å²) in [6, 6.07) is 18.1. The van der Waals surface area contributed by atoms with Crippen LogP contribution in [0.2, 0.25) is 0 Å². The molecule has 0 aliphatic rings. The first-order valence-electron chi connectivity index (χ1n) is 10.3. The van der Waals surface area contributed by atoms with Crippen molar-refractivity contribution < 1.29 is 4.79 Å². The summed E-state index contributed by atoms with van der Waals surface area (Å²) in [6.45, 7) is 7.01. The molecule has 0 radical (unpaired) electrons. The first-order valence-corrected chi connectivity index (χ1v) is 10.3. The van der Waals surface area contributed by atoms with Crippen LogP contribution in [0.3, 0.4) is 0 Å². The number of nitrogens with one attached hydrogen (secondary N) is 1. The zero-order chi connectivity index (χ0) is 20.8. The maximum Gasteiger partial charge on any atom is 0.328 e. The Balaban J connectivity index is 1.66. The Morgan fingerprint density at radius 3 is 2.28 bits per heavy atom. The third-order valence-corrected chi connectivity index (χ3v) is 5.54. The summed E-state index contributed by atoms with van der Waals surface area (Å²) in [4.78, 5) is 27.4. The van der Waals surface area contributed by atoms with Crippen molar-refractivity contribution in [2.75, 3.05) is 19.6 Å². The average Bonchev–Trinajstić information content (AvgIpc) is 3.00. The molecule has 0 saturated carbocycles. The van der Waals surface area contributed by atoms with Gasteiger partial charge in [-0.1, -0.05) is 56.3 Å². The molecule has 1 unspecified atom stereocenters. The first-order chi connectivity index (χ1) is 14.1. The normalized spacial score (nSPS) is 12.4. The molecule has 0 aliphatic heterocycles. The van der Waals surface area contributed by atoms with E-state index in [2.05, 4.69) is 36.2 Å². The van der Waals surface area contributed by atoms with Gasteiger partial charge in [0.2, 0.25) is 5.91 Å². The molecule has 2 aromatic carbocycles. The minimum atomic E-state index is -0.0932. The molecule has 1 aromatic heterocycles. The summed E-state index contributed by atoms with van der Waals surface area (Å²) in [5.74, 6) is -0.0436. The molecule has 154 valence electrons. The molecule has 0 spiro atoms. The molecule has 1 heterocycles. The maximum absolute atomic E-state index is 12.6. The highest BCUT2D eigenvalue weighted by Crippen LogP contribution is 2.19. The highest BCUT2D eigenvalue weighted by atomic mass is 16.2. The van der Waals surface area contributed by atoms with Gasteiger partial charge in [0, 0.05) is 26.6 Å². The summed E-state index contributed by atoms with van der Waals surface area (Å²) >= 11 is 0. The summed E-state index contributed by atoms with van der Waals surface area (Å²) in [7, 11) is 1.76. The fourth-order valence-corrected chi connectivity index (χ4v) is 3.89. The molecular weight excluding hydrogens is 364 g/mol. The van der Waals surface area contributed by atoms with Crippen LogP contribution in [0.5, 0.6) is 0 Å². The second kappa shape index (κ2) is 9.56. The summed E-state index contributed by atoms with van der Waals surface area (Å²) in [6.07, 6.45) is 0.272. The van der Waals surface area contributed by atoms with E-state index in [1.54, 1.807) is 16.2 Å². The Labute approximate surface area is 171 Å². The second-order valence-corrected chi connectivity index (χ2v) is 7.18. The molecule has 3 rings (SSSR count). The number of rotatable bonds is 9. The number of imidazole rings is 1. The SMILES string of the molecule is CCN(CC)C(CNC(=O)CCn1c(=O)n(C)c2ccccc21)c1ccccc1. The van der Waals surface area contributed by atoms with Gasteiger partial charge >= 0.3 is 5.69 Å². The van der Waals surface area contributed by atoms with Crippen molar-refractivity contribution in [2.45, 2.75) is 32.9 Å². The third kappa shape index (κ3) is 4.59. The number of carbonyl (C=O) groups excluding carboxylic acids is 1. The number of likely N-dealkylation sites (N-methyl/N-ethyl adjacent to an activating group) is 1. The predicted octanol–water partition coefficient (Wildman–Crippen LogP) is 2.93. The number of amides is 1. The molecule has 1 N–H and O–H groups in total. The Kier molecular flexibility index (Phi) is 6.88. The first kappa shape index (κ1) is 20.9. The fourth-order valence-electron chi connectivity index (χ4n) is 3.89. The summed E-state index contributed by atoms with van der Waals surface area (Å²) in [5, 5.41) is 3.07. The molecule has 6 nitrogen and oxygen atoms in total. The van der Waals surface area contributed by atoms with Crippen LogP contribution in [0.4, 0.5) is 0 Å². The molecule has 0 saturated heterocycles. The highest BCUT2D eigenvalue weighted by Gasteiger charge is 2.19. The van der Waals surface area contributed by atoms with Gasteiger partial charge in [0.1, 0.15) is 0 Å². The van der Waals surface area contributed by atoms with Crippen LogP contribution < -0.4 is 11.0 Å². The van der Waals surface area contributed by atoms with E-state index in [4.69, 9.17) is 0 Å². The van der Waals surface area contributed by atoms with E-state index in [-0.39, 0.29) is 24.1 Å². The Morgan fingerprint density at radius 2 is 1.62 bits per heavy atom. The van der Waals surface area contributed by atoms with Crippen molar-refractivity contribution in [2.24, 2.45) is 7.05 Å². The van der Waals surface area contributed by atoms with E-state index in [0.717, 1.165) is 24.1 Å². The topological polar surface area (TPSA) is 59.3 Å². The lowest BCUT2D eigenvalue weighted by molar-refractivity contribution is -0.121. The molecular formula is C23H30N4O2. The van der Waals surface area contributed by atoms with Crippen molar-refractivity contribution >= 4 is 16.9 Å². The van der Waals surface area contributed by atoms with Gasteiger partial charge in [0.05, 0.1) is 17.1 Å². The molecule has 0 bridgehead atoms. The van der Waals surface area contributed by atoms with E-state index in [1.807, 2.05) is 42.5 Å². The monoisotopic (exact) mass is 394 g/mol.